The number of rotatable bonds is 4. The molecule has 0 amide bonds. The topological polar surface area (TPSA) is 106 Å². The number of oxazole rings is 1. The summed E-state index contributed by atoms with van der Waals surface area (Å²) in [6.45, 7) is -0.0829. The van der Waals surface area contributed by atoms with E-state index in [9.17, 15) is 26.4 Å². The summed E-state index contributed by atoms with van der Waals surface area (Å²) < 4.78 is 74.6. The number of fused-ring (bicyclic) bond motifs is 1. The summed E-state index contributed by atoms with van der Waals surface area (Å²) in [5, 5.41) is 0. The van der Waals surface area contributed by atoms with Crippen molar-refractivity contribution < 1.29 is 30.7 Å². The van der Waals surface area contributed by atoms with Gasteiger partial charge in [-0.1, -0.05) is 6.07 Å². The largest absolute Gasteiger partial charge is 0.472 e. The van der Waals surface area contributed by atoms with Crippen LogP contribution in [-0.2, 0) is 16.2 Å². The van der Waals surface area contributed by atoms with Gasteiger partial charge in [0.25, 0.3) is 0 Å². The number of sulfonamides is 1. The zero-order valence-electron chi connectivity index (χ0n) is 13.9. The van der Waals surface area contributed by atoms with Crippen molar-refractivity contribution in [1.82, 2.24) is 14.3 Å². The van der Waals surface area contributed by atoms with Crippen LogP contribution in [0.5, 0.6) is 5.88 Å². The van der Waals surface area contributed by atoms with Crippen molar-refractivity contribution in [3.8, 4) is 5.88 Å². The molecule has 0 spiro atoms. The van der Waals surface area contributed by atoms with Crippen molar-refractivity contribution in [3.63, 3.8) is 0 Å². The van der Waals surface area contributed by atoms with Crippen LogP contribution >= 0.6 is 0 Å². The number of nitrogens with one attached hydrogen (secondary N) is 1. The molecule has 0 bridgehead atoms. The molecule has 28 heavy (non-hydrogen) atoms. The summed E-state index contributed by atoms with van der Waals surface area (Å²) in [7, 11) is -3.85. The van der Waals surface area contributed by atoms with Crippen molar-refractivity contribution >= 4 is 21.1 Å². The van der Waals surface area contributed by atoms with Gasteiger partial charge < -0.3 is 9.15 Å². The summed E-state index contributed by atoms with van der Waals surface area (Å²) in [4.78, 5) is 16.9. The maximum absolute atomic E-state index is 12.7. The Bertz CT molecular complexity index is 1200. The molecular weight excluding hydrogens is 403 g/mol. The van der Waals surface area contributed by atoms with Gasteiger partial charge in [-0.15, -0.1) is 0 Å². The third-order valence-electron chi connectivity index (χ3n) is 4.14. The Kier molecular flexibility index (Phi) is 4.19. The van der Waals surface area contributed by atoms with Gasteiger partial charge in [-0.05, 0) is 24.3 Å². The summed E-state index contributed by atoms with van der Waals surface area (Å²) in [5.41, 5.74) is -0.617. The minimum Gasteiger partial charge on any atom is -0.472 e. The van der Waals surface area contributed by atoms with Crippen molar-refractivity contribution in [2.45, 2.75) is 17.2 Å². The molecule has 8 nitrogen and oxygen atoms in total. The van der Waals surface area contributed by atoms with E-state index in [0.717, 1.165) is 10.4 Å². The Labute approximate surface area is 155 Å². The summed E-state index contributed by atoms with van der Waals surface area (Å²) >= 11 is 0. The van der Waals surface area contributed by atoms with E-state index in [1.54, 1.807) is 0 Å². The van der Waals surface area contributed by atoms with Crippen molar-refractivity contribution in [1.29, 1.82) is 0 Å². The van der Waals surface area contributed by atoms with Gasteiger partial charge in [0.15, 0.2) is 5.58 Å². The van der Waals surface area contributed by atoms with Crippen molar-refractivity contribution in [3.05, 3.63) is 52.6 Å². The SMILES string of the molecule is O=c1[nH]c2cc(S(=O)(=O)N3CC(Oc4cccc(C(F)(F)F)n4)C3)ccc2o1. The zero-order chi connectivity index (χ0) is 20.1. The summed E-state index contributed by atoms with van der Waals surface area (Å²) in [6.07, 6.45) is -5.22. The second kappa shape index (κ2) is 6.34. The molecule has 1 fully saturated rings. The van der Waals surface area contributed by atoms with Gasteiger partial charge in [0.2, 0.25) is 15.9 Å². The van der Waals surface area contributed by atoms with Gasteiger partial charge in [-0.2, -0.15) is 17.5 Å². The number of halogens is 3. The highest BCUT2D eigenvalue weighted by Crippen LogP contribution is 2.30. The third-order valence-corrected chi connectivity index (χ3v) is 5.97. The second-order valence-electron chi connectivity index (χ2n) is 6.09. The van der Waals surface area contributed by atoms with E-state index in [0.29, 0.717) is 0 Å². The summed E-state index contributed by atoms with van der Waals surface area (Å²) in [5.74, 6) is -0.926. The van der Waals surface area contributed by atoms with Crippen molar-refractivity contribution in [2.75, 3.05) is 13.1 Å². The molecule has 1 aromatic carbocycles. The van der Waals surface area contributed by atoms with E-state index in [1.807, 2.05) is 0 Å². The molecule has 1 N–H and O–H groups in total. The second-order valence-corrected chi connectivity index (χ2v) is 8.03. The van der Waals surface area contributed by atoms with E-state index in [4.69, 9.17) is 9.15 Å². The summed E-state index contributed by atoms with van der Waals surface area (Å²) in [6, 6.07) is 7.20. The lowest BCUT2D eigenvalue weighted by Gasteiger charge is -2.37. The van der Waals surface area contributed by atoms with Crippen LogP contribution < -0.4 is 10.5 Å². The number of aromatic amines is 1. The number of alkyl halides is 3. The van der Waals surface area contributed by atoms with E-state index < -0.39 is 33.8 Å². The molecule has 0 aliphatic carbocycles. The van der Waals surface area contributed by atoms with E-state index in [-0.39, 0.29) is 35.0 Å². The van der Waals surface area contributed by atoms with Gasteiger partial charge in [-0.3, -0.25) is 4.98 Å². The molecule has 148 valence electrons. The normalized spacial score (nSPS) is 16.2. The van der Waals surface area contributed by atoms with Crippen LogP contribution in [0.4, 0.5) is 13.2 Å². The lowest BCUT2D eigenvalue weighted by atomic mass is 10.2. The number of pyridine rings is 1. The Morgan fingerprint density at radius 3 is 2.68 bits per heavy atom. The predicted octanol–water partition coefficient (Wildman–Crippen LogP) is 1.99. The molecule has 0 radical (unpaired) electrons. The first kappa shape index (κ1) is 18.5. The van der Waals surface area contributed by atoms with E-state index >= 15 is 0 Å². The number of hydrogen-bond donors (Lipinski definition) is 1. The lowest BCUT2D eigenvalue weighted by Crippen LogP contribution is -2.56. The quantitative estimate of drug-likeness (QED) is 0.699. The fraction of sp³-hybridized carbons (Fsp3) is 0.250. The maximum atomic E-state index is 12.7. The van der Waals surface area contributed by atoms with Crippen molar-refractivity contribution in [2.24, 2.45) is 0 Å². The van der Waals surface area contributed by atoms with Gasteiger partial charge in [0.1, 0.15) is 11.8 Å². The maximum Gasteiger partial charge on any atom is 0.433 e. The highest BCUT2D eigenvalue weighted by molar-refractivity contribution is 7.89. The average molecular weight is 415 g/mol. The molecule has 0 atom stereocenters. The van der Waals surface area contributed by atoms with Gasteiger partial charge >= 0.3 is 11.9 Å². The van der Waals surface area contributed by atoms with Crippen LogP contribution in [0.25, 0.3) is 11.1 Å². The fourth-order valence-electron chi connectivity index (χ4n) is 2.72. The Morgan fingerprint density at radius 2 is 1.96 bits per heavy atom. The molecule has 4 rings (SSSR count). The average Bonchev–Trinajstić information content (AvgIpc) is 2.96. The molecule has 2 aromatic heterocycles. The Balaban J connectivity index is 1.46. The molecule has 3 heterocycles. The van der Waals surface area contributed by atoms with Gasteiger partial charge in [0.05, 0.1) is 23.5 Å². The van der Waals surface area contributed by atoms with Crippen LogP contribution in [0.1, 0.15) is 5.69 Å². The Morgan fingerprint density at radius 1 is 1.21 bits per heavy atom. The molecular formula is C16H12F3N3O5S. The van der Waals surface area contributed by atoms with Crippen LogP contribution in [-0.4, -0.2) is 41.9 Å². The monoisotopic (exact) mass is 415 g/mol. The van der Waals surface area contributed by atoms with Gasteiger partial charge in [-0.25, -0.2) is 18.2 Å². The highest BCUT2D eigenvalue weighted by Gasteiger charge is 2.39. The number of nitrogens with zero attached hydrogens (tertiary/aromatic N) is 2. The standard InChI is InChI=1S/C16H12F3N3O5S/c17-16(18,19)13-2-1-3-14(21-13)26-9-7-22(8-9)28(24,25)10-4-5-12-11(6-10)20-15(23)27-12/h1-6,9H,7-8H2,(H,20,23). The lowest BCUT2D eigenvalue weighted by molar-refractivity contribution is -0.141. The van der Waals surface area contributed by atoms with Crippen LogP contribution in [0.3, 0.4) is 0 Å². The van der Waals surface area contributed by atoms with Crippen LogP contribution in [0.15, 0.2) is 50.5 Å². The molecule has 0 unspecified atom stereocenters. The minimum absolute atomic E-state index is 0.0415. The number of aromatic nitrogens is 2. The zero-order valence-corrected chi connectivity index (χ0v) is 14.7. The Hall–Kier alpha value is -2.86. The van der Waals surface area contributed by atoms with Crippen LogP contribution in [0, 0.1) is 0 Å². The smallest absolute Gasteiger partial charge is 0.433 e. The molecule has 1 aliphatic heterocycles. The first-order valence-electron chi connectivity index (χ1n) is 7.97. The molecule has 0 saturated carbocycles. The number of hydrogen-bond acceptors (Lipinski definition) is 6. The third kappa shape index (κ3) is 3.36. The van der Waals surface area contributed by atoms with E-state index in [1.165, 1.54) is 30.3 Å². The number of benzene rings is 1. The van der Waals surface area contributed by atoms with Gasteiger partial charge in [0, 0.05) is 6.07 Å². The molecule has 1 aliphatic rings. The van der Waals surface area contributed by atoms with Crippen LogP contribution in [0.2, 0.25) is 0 Å². The molecule has 12 heteroatoms. The molecule has 1 saturated heterocycles. The minimum atomic E-state index is -4.60. The first-order chi connectivity index (χ1) is 13.1. The van der Waals surface area contributed by atoms with E-state index in [2.05, 4.69) is 9.97 Å². The number of H-pyrrole nitrogens is 1. The molecule has 3 aromatic rings. The first-order valence-corrected chi connectivity index (χ1v) is 9.41. The predicted molar refractivity (Wildman–Crippen MR) is 89.2 cm³/mol. The fourth-order valence-corrected chi connectivity index (χ4v) is 4.25. The highest BCUT2D eigenvalue weighted by atomic mass is 32.2. The number of ether oxygens (including phenoxy) is 1.